The molecule has 26 heavy (non-hydrogen) atoms. The maximum atomic E-state index is 12.3. The van der Waals surface area contributed by atoms with Crippen LogP contribution in [0.2, 0.25) is 0 Å². The summed E-state index contributed by atoms with van der Waals surface area (Å²) in [6.07, 6.45) is 1.33. The summed E-state index contributed by atoms with van der Waals surface area (Å²) in [4.78, 5) is 15.0. The van der Waals surface area contributed by atoms with Gasteiger partial charge in [0.25, 0.3) is 5.56 Å². The zero-order chi connectivity index (χ0) is 18.4. The Kier molecular flexibility index (Phi) is 5.79. The van der Waals surface area contributed by atoms with Gasteiger partial charge in [0, 0.05) is 13.0 Å². The van der Waals surface area contributed by atoms with E-state index in [1.165, 1.54) is 11.1 Å². The van der Waals surface area contributed by atoms with E-state index in [-0.39, 0.29) is 5.56 Å². The van der Waals surface area contributed by atoms with Crippen LogP contribution < -0.4 is 10.9 Å². The van der Waals surface area contributed by atoms with Crippen LogP contribution in [0.3, 0.4) is 0 Å². The highest BCUT2D eigenvalue weighted by atomic mass is 16.1. The summed E-state index contributed by atoms with van der Waals surface area (Å²) < 4.78 is 0. The van der Waals surface area contributed by atoms with Crippen molar-refractivity contribution in [3.8, 4) is 0 Å². The lowest BCUT2D eigenvalue weighted by molar-refractivity contribution is 0.850. The molecule has 0 saturated carbocycles. The Morgan fingerprint density at radius 3 is 2.35 bits per heavy atom. The van der Waals surface area contributed by atoms with Gasteiger partial charge in [-0.1, -0.05) is 68.4 Å². The van der Waals surface area contributed by atoms with Crippen LogP contribution in [0.4, 0.5) is 5.95 Å². The topological polar surface area (TPSA) is 70.7 Å². The second-order valence-corrected chi connectivity index (χ2v) is 6.68. The fourth-order valence-electron chi connectivity index (χ4n) is 2.74. The molecule has 0 saturated heterocycles. The molecule has 0 unspecified atom stereocenters. The molecule has 1 aromatic heterocycles. The van der Waals surface area contributed by atoms with Crippen molar-refractivity contribution in [3.63, 3.8) is 0 Å². The van der Waals surface area contributed by atoms with Crippen LogP contribution in [-0.4, -0.2) is 21.7 Å². The molecule has 0 spiro atoms. The van der Waals surface area contributed by atoms with Crippen molar-refractivity contribution in [2.45, 2.75) is 32.6 Å². The third-order valence-electron chi connectivity index (χ3n) is 4.33. The molecule has 5 heteroatoms. The highest BCUT2D eigenvalue weighted by Gasteiger charge is 2.07. The zero-order valence-electron chi connectivity index (χ0n) is 15.2. The Labute approximate surface area is 153 Å². The SMILES string of the molecule is CC(C)c1ccc(Cc2nnc(NCCc3ccccc3)[nH]c2=O)cc1. The number of hydrogen-bond donors (Lipinski definition) is 2. The number of rotatable bonds is 7. The van der Waals surface area contributed by atoms with Gasteiger partial charge in [-0.3, -0.25) is 9.78 Å². The van der Waals surface area contributed by atoms with Crippen LogP contribution in [0.1, 0.15) is 42.1 Å². The largest absolute Gasteiger partial charge is 0.354 e. The van der Waals surface area contributed by atoms with Gasteiger partial charge in [-0.25, -0.2) is 0 Å². The standard InChI is InChI=1S/C21H24N4O/c1-15(2)18-10-8-17(9-11-18)14-19-20(26)23-21(25-24-19)22-13-12-16-6-4-3-5-7-16/h3-11,15H,12-14H2,1-2H3,(H2,22,23,25,26). The lowest BCUT2D eigenvalue weighted by atomic mass is 10.0. The lowest BCUT2D eigenvalue weighted by Crippen LogP contribution is -2.20. The summed E-state index contributed by atoms with van der Waals surface area (Å²) in [5, 5.41) is 11.3. The Bertz CT molecular complexity index is 886. The average molecular weight is 348 g/mol. The van der Waals surface area contributed by atoms with Crippen molar-refractivity contribution < 1.29 is 0 Å². The van der Waals surface area contributed by atoms with Crippen LogP contribution in [0.25, 0.3) is 0 Å². The van der Waals surface area contributed by atoms with Crippen LogP contribution in [0.15, 0.2) is 59.4 Å². The Morgan fingerprint density at radius 1 is 0.962 bits per heavy atom. The summed E-state index contributed by atoms with van der Waals surface area (Å²) in [7, 11) is 0. The predicted octanol–water partition coefficient (Wildman–Crippen LogP) is 3.53. The van der Waals surface area contributed by atoms with E-state index >= 15 is 0 Å². The molecule has 1 heterocycles. The first-order valence-electron chi connectivity index (χ1n) is 8.94. The molecule has 0 aliphatic heterocycles. The first kappa shape index (κ1) is 17.9. The fourth-order valence-corrected chi connectivity index (χ4v) is 2.74. The van der Waals surface area contributed by atoms with Gasteiger partial charge in [0.1, 0.15) is 5.69 Å². The van der Waals surface area contributed by atoms with Crippen LogP contribution in [0, 0.1) is 0 Å². The number of aromatic nitrogens is 3. The number of benzene rings is 2. The van der Waals surface area contributed by atoms with Crippen molar-refractivity contribution in [3.05, 3.63) is 87.3 Å². The molecule has 0 amide bonds. The van der Waals surface area contributed by atoms with Crippen LogP contribution >= 0.6 is 0 Å². The van der Waals surface area contributed by atoms with Crippen molar-refractivity contribution in [1.82, 2.24) is 15.2 Å². The number of aromatic amines is 1. The van der Waals surface area contributed by atoms with Gasteiger partial charge in [-0.2, -0.15) is 0 Å². The number of hydrogen-bond acceptors (Lipinski definition) is 4. The maximum Gasteiger partial charge on any atom is 0.274 e. The Balaban J connectivity index is 1.59. The van der Waals surface area contributed by atoms with Gasteiger partial charge in [0.2, 0.25) is 5.95 Å². The minimum atomic E-state index is -0.199. The number of nitrogens with zero attached hydrogens (tertiary/aromatic N) is 2. The summed E-state index contributed by atoms with van der Waals surface area (Å²) in [6.45, 7) is 5.01. The minimum absolute atomic E-state index is 0.199. The average Bonchev–Trinajstić information content (AvgIpc) is 2.65. The molecule has 5 nitrogen and oxygen atoms in total. The van der Waals surface area contributed by atoms with Crippen molar-refractivity contribution in [2.24, 2.45) is 0 Å². The molecule has 0 atom stereocenters. The summed E-state index contributed by atoms with van der Waals surface area (Å²) in [6, 6.07) is 18.5. The highest BCUT2D eigenvalue weighted by molar-refractivity contribution is 5.28. The van der Waals surface area contributed by atoms with Gasteiger partial charge >= 0.3 is 0 Å². The number of anilines is 1. The van der Waals surface area contributed by atoms with E-state index in [1.54, 1.807) is 0 Å². The van der Waals surface area contributed by atoms with E-state index < -0.39 is 0 Å². The Hall–Kier alpha value is -2.95. The quantitative estimate of drug-likeness (QED) is 0.685. The molecular formula is C21H24N4O. The second-order valence-electron chi connectivity index (χ2n) is 6.68. The first-order chi connectivity index (χ1) is 12.6. The fraction of sp³-hybridized carbons (Fsp3) is 0.286. The van der Waals surface area contributed by atoms with Gasteiger partial charge in [0.15, 0.2) is 0 Å². The van der Waals surface area contributed by atoms with E-state index in [4.69, 9.17) is 0 Å². The maximum absolute atomic E-state index is 12.3. The second kappa shape index (κ2) is 8.43. The summed E-state index contributed by atoms with van der Waals surface area (Å²) in [5.74, 6) is 0.901. The molecule has 3 aromatic rings. The van der Waals surface area contributed by atoms with E-state index in [0.717, 1.165) is 12.0 Å². The minimum Gasteiger partial charge on any atom is -0.354 e. The molecule has 0 aliphatic carbocycles. The molecule has 3 rings (SSSR count). The number of nitrogens with one attached hydrogen (secondary N) is 2. The molecule has 0 radical (unpaired) electrons. The molecule has 0 fully saturated rings. The van der Waals surface area contributed by atoms with Crippen LogP contribution in [-0.2, 0) is 12.8 Å². The van der Waals surface area contributed by atoms with Gasteiger partial charge < -0.3 is 5.32 Å². The third-order valence-corrected chi connectivity index (χ3v) is 4.33. The highest BCUT2D eigenvalue weighted by Crippen LogP contribution is 2.15. The zero-order valence-corrected chi connectivity index (χ0v) is 15.2. The monoisotopic (exact) mass is 348 g/mol. The molecule has 134 valence electrons. The summed E-state index contributed by atoms with van der Waals surface area (Å²) in [5.41, 5.74) is 3.80. The van der Waals surface area contributed by atoms with E-state index in [2.05, 4.69) is 58.6 Å². The molecule has 2 aromatic carbocycles. The molecule has 0 aliphatic rings. The van der Waals surface area contributed by atoms with Crippen molar-refractivity contribution in [2.75, 3.05) is 11.9 Å². The first-order valence-corrected chi connectivity index (χ1v) is 8.94. The van der Waals surface area contributed by atoms with E-state index in [1.807, 2.05) is 30.3 Å². The molecule has 0 bridgehead atoms. The molecular weight excluding hydrogens is 324 g/mol. The third kappa shape index (κ3) is 4.79. The van der Waals surface area contributed by atoms with Gasteiger partial charge in [-0.15, -0.1) is 10.2 Å². The summed E-state index contributed by atoms with van der Waals surface area (Å²) >= 11 is 0. The Morgan fingerprint density at radius 2 is 1.69 bits per heavy atom. The van der Waals surface area contributed by atoms with Crippen molar-refractivity contribution >= 4 is 5.95 Å². The van der Waals surface area contributed by atoms with Crippen molar-refractivity contribution in [1.29, 1.82) is 0 Å². The lowest BCUT2D eigenvalue weighted by Gasteiger charge is -2.07. The predicted molar refractivity (Wildman–Crippen MR) is 105 cm³/mol. The van der Waals surface area contributed by atoms with Gasteiger partial charge in [-0.05, 0) is 29.0 Å². The van der Waals surface area contributed by atoms with Gasteiger partial charge in [0.05, 0.1) is 0 Å². The van der Waals surface area contributed by atoms with E-state index in [0.29, 0.717) is 30.5 Å². The van der Waals surface area contributed by atoms with Crippen LogP contribution in [0.5, 0.6) is 0 Å². The molecule has 2 N–H and O–H groups in total. The normalized spacial score (nSPS) is 10.9. The smallest absolute Gasteiger partial charge is 0.274 e. The van der Waals surface area contributed by atoms with E-state index in [9.17, 15) is 4.79 Å². The number of H-pyrrole nitrogens is 1.